The summed E-state index contributed by atoms with van der Waals surface area (Å²) in [6, 6.07) is -0.355. The fraction of sp³-hybridized carbons (Fsp3) is 0.750. The topological polar surface area (TPSA) is 85.2 Å². The van der Waals surface area contributed by atoms with Crippen LogP contribution in [0.1, 0.15) is 34.1 Å². The molecule has 1 heterocycles. The Hall–Kier alpha value is -1.44. The summed E-state index contributed by atoms with van der Waals surface area (Å²) in [7, 11) is -3.49. The molecule has 114 valence electrons. The van der Waals surface area contributed by atoms with E-state index in [1.165, 1.54) is 0 Å². The van der Waals surface area contributed by atoms with Crippen LogP contribution in [-0.4, -0.2) is 53.0 Å². The molecule has 0 radical (unpaired) electrons. The summed E-state index contributed by atoms with van der Waals surface area (Å²) in [5.74, 6) is 0.306. The van der Waals surface area contributed by atoms with E-state index >= 15 is 0 Å². The molecule has 20 heavy (non-hydrogen) atoms. The number of rotatable bonds is 6. The van der Waals surface area contributed by atoms with E-state index < -0.39 is 9.84 Å². The van der Waals surface area contributed by atoms with Crippen molar-refractivity contribution in [1.29, 1.82) is 0 Å². The van der Waals surface area contributed by atoms with Gasteiger partial charge in [0, 0.05) is 13.1 Å². The van der Waals surface area contributed by atoms with Gasteiger partial charge in [0.25, 0.3) is 5.16 Å². The molecule has 0 fully saturated rings. The van der Waals surface area contributed by atoms with Gasteiger partial charge in [-0.15, -0.1) is 5.10 Å². The number of sulfone groups is 1. The molecule has 0 aliphatic rings. The monoisotopic (exact) mass is 302 g/mol. The number of carbonyl (C=O) groups is 1. The summed E-state index contributed by atoms with van der Waals surface area (Å²) < 4.78 is 24.6. The van der Waals surface area contributed by atoms with E-state index in [9.17, 15) is 13.2 Å². The maximum absolute atomic E-state index is 12.2. The van der Waals surface area contributed by atoms with Crippen LogP contribution in [0, 0.1) is 5.92 Å². The molecule has 0 spiro atoms. The van der Waals surface area contributed by atoms with Crippen molar-refractivity contribution in [3.63, 3.8) is 0 Å². The standard InChI is InChI=1S/C12H22N4O3S/c1-5-7-20(18,19)11-13-9-16(14-11)12(17)15(6-2)8-10(3)4/h9-10H,5-8H2,1-4H3. The highest BCUT2D eigenvalue weighted by Gasteiger charge is 2.22. The molecule has 0 saturated carbocycles. The average Bonchev–Trinajstić information content (AvgIpc) is 2.85. The Morgan fingerprint density at radius 3 is 2.55 bits per heavy atom. The first-order valence-corrected chi connectivity index (χ1v) is 8.40. The summed E-state index contributed by atoms with van der Waals surface area (Å²) in [5, 5.41) is 3.52. The van der Waals surface area contributed by atoms with Gasteiger partial charge in [0.15, 0.2) is 0 Å². The van der Waals surface area contributed by atoms with Crippen molar-refractivity contribution in [2.75, 3.05) is 18.8 Å². The fourth-order valence-electron chi connectivity index (χ4n) is 1.77. The van der Waals surface area contributed by atoms with Gasteiger partial charge < -0.3 is 4.90 Å². The Labute approximate surface area is 119 Å². The molecule has 0 aromatic carbocycles. The number of nitrogens with zero attached hydrogens (tertiary/aromatic N) is 4. The molecule has 0 aliphatic carbocycles. The van der Waals surface area contributed by atoms with Crippen LogP contribution in [0.15, 0.2) is 11.5 Å². The van der Waals surface area contributed by atoms with E-state index in [2.05, 4.69) is 10.1 Å². The average molecular weight is 302 g/mol. The Kier molecular flexibility index (Phi) is 5.67. The summed E-state index contributed by atoms with van der Waals surface area (Å²) >= 11 is 0. The Morgan fingerprint density at radius 1 is 1.40 bits per heavy atom. The highest BCUT2D eigenvalue weighted by Crippen LogP contribution is 2.07. The van der Waals surface area contributed by atoms with Crippen molar-refractivity contribution in [3.05, 3.63) is 6.33 Å². The van der Waals surface area contributed by atoms with Crippen molar-refractivity contribution >= 4 is 15.9 Å². The van der Waals surface area contributed by atoms with Crippen LogP contribution in [0.2, 0.25) is 0 Å². The third kappa shape index (κ3) is 4.03. The Bertz CT molecular complexity index is 551. The summed E-state index contributed by atoms with van der Waals surface area (Å²) in [4.78, 5) is 17.5. The summed E-state index contributed by atoms with van der Waals surface area (Å²) in [6.07, 6.45) is 1.65. The molecular weight excluding hydrogens is 280 g/mol. The number of hydrogen-bond acceptors (Lipinski definition) is 5. The van der Waals surface area contributed by atoms with Crippen LogP contribution in [0.25, 0.3) is 0 Å². The second kappa shape index (κ2) is 6.83. The lowest BCUT2D eigenvalue weighted by Gasteiger charge is -2.21. The molecule has 0 bridgehead atoms. The van der Waals surface area contributed by atoms with Gasteiger partial charge in [0.2, 0.25) is 9.84 Å². The number of hydrogen-bond donors (Lipinski definition) is 0. The largest absolute Gasteiger partial charge is 0.346 e. The van der Waals surface area contributed by atoms with Gasteiger partial charge in [0.05, 0.1) is 5.75 Å². The number of aromatic nitrogens is 3. The molecule has 0 N–H and O–H groups in total. The molecule has 0 saturated heterocycles. The van der Waals surface area contributed by atoms with Gasteiger partial charge in [-0.1, -0.05) is 20.8 Å². The van der Waals surface area contributed by atoms with Crippen molar-refractivity contribution in [3.8, 4) is 0 Å². The van der Waals surface area contributed by atoms with Gasteiger partial charge in [-0.3, -0.25) is 0 Å². The first-order valence-electron chi connectivity index (χ1n) is 6.75. The molecule has 1 aromatic heterocycles. The molecule has 0 unspecified atom stereocenters. The smallest absolute Gasteiger partial charge is 0.323 e. The van der Waals surface area contributed by atoms with Crippen molar-refractivity contribution in [1.82, 2.24) is 19.7 Å². The number of carbonyl (C=O) groups excluding carboxylic acids is 1. The van der Waals surface area contributed by atoms with Gasteiger partial charge in [-0.05, 0) is 19.3 Å². The van der Waals surface area contributed by atoms with E-state index in [0.29, 0.717) is 25.4 Å². The maximum atomic E-state index is 12.2. The van der Waals surface area contributed by atoms with Gasteiger partial charge in [-0.25, -0.2) is 18.2 Å². The number of amides is 1. The van der Waals surface area contributed by atoms with Crippen LogP contribution >= 0.6 is 0 Å². The van der Waals surface area contributed by atoms with E-state index in [1.807, 2.05) is 20.8 Å². The molecule has 0 atom stereocenters. The minimum Gasteiger partial charge on any atom is -0.323 e. The summed E-state index contributed by atoms with van der Waals surface area (Å²) in [5.41, 5.74) is 0. The second-order valence-electron chi connectivity index (χ2n) is 5.01. The van der Waals surface area contributed by atoms with Crippen LogP contribution in [0.5, 0.6) is 0 Å². The first kappa shape index (κ1) is 16.6. The van der Waals surface area contributed by atoms with Crippen molar-refractivity contribution < 1.29 is 13.2 Å². The zero-order valence-corrected chi connectivity index (χ0v) is 13.2. The first-order chi connectivity index (χ1) is 9.31. The zero-order valence-electron chi connectivity index (χ0n) is 12.4. The SMILES string of the molecule is CCCS(=O)(=O)c1ncn(C(=O)N(CC)CC(C)C)n1. The molecule has 7 nitrogen and oxygen atoms in total. The molecule has 1 amide bonds. The predicted molar refractivity (Wildman–Crippen MR) is 75.2 cm³/mol. The van der Waals surface area contributed by atoms with Gasteiger partial charge >= 0.3 is 6.03 Å². The van der Waals surface area contributed by atoms with Gasteiger partial charge in [0.1, 0.15) is 6.33 Å². The van der Waals surface area contributed by atoms with Crippen LogP contribution in [0.4, 0.5) is 4.79 Å². The lowest BCUT2D eigenvalue weighted by molar-refractivity contribution is 0.192. The highest BCUT2D eigenvalue weighted by atomic mass is 32.2. The highest BCUT2D eigenvalue weighted by molar-refractivity contribution is 7.91. The van der Waals surface area contributed by atoms with Crippen molar-refractivity contribution in [2.45, 2.75) is 39.3 Å². The second-order valence-corrected chi connectivity index (χ2v) is 7.01. The van der Waals surface area contributed by atoms with Crippen LogP contribution in [-0.2, 0) is 9.84 Å². The molecule has 8 heteroatoms. The summed E-state index contributed by atoms with van der Waals surface area (Å²) in [6.45, 7) is 8.77. The lowest BCUT2D eigenvalue weighted by atomic mass is 10.2. The molecule has 1 aromatic rings. The maximum Gasteiger partial charge on any atom is 0.346 e. The predicted octanol–water partition coefficient (Wildman–Crippen LogP) is 1.41. The third-order valence-electron chi connectivity index (χ3n) is 2.66. The molecule has 0 aliphatic heterocycles. The quantitative estimate of drug-likeness (QED) is 0.793. The van der Waals surface area contributed by atoms with Gasteiger partial charge in [-0.2, -0.15) is 4.68 Å². The lowest BCUT2D eigenvalue weighted by Crippen LogP contribution is -2.37. The molecule has 1 rings (SSSR count). The van der Waals surface area contributed by atoms with E-state index in [1.54, 1.807) is 11.8 Å². The van der Waals surface area contributed by atoms with Crippen LogP contribution < -0.4 is 0 Å². The zero-order chi connectivity index (χ0) is 15.3. The third-order valence-corrected chi connectivity index (χ3v) is 4.34. The van der Waals surface area contributed by atoms with Crippen molar-refractivity contribution in [2.24, 2.45) is 5.92 Å². The minimum absolute atomic E-state index is 0.0192. The van der Waals surface area contributed by atoms with E-state index in [0.717, 1.165) is 11.0 Å². The fourth-order valence-corrected chi connectivity index (χ4v) is 2.91. The normalized spacial score (nSPS) is 11.8. The Morgan fingerprint density at radius 2 is 2.05 bits per heavy atom. The van der Waals surface area contributed by atoms with E-state index in [4.69, 9.17) is 0 Å². The Balaban J connectivity index is 2.93. The van der Waals surface area contributed by atoms with Crippen LogP contribution in [0.3, 0.4) is 0 Å². The molecular formula is C12H22N4O3S. The minimum atomic E-state index is -3.49. The van der Waals surface area contributed by atoms with E-state index in [-0.39, 0.29) is 16.9 Å².